The van der Waals surface area contributed by atoms with Crippen LogP contribution in [0.4, 0.5) is 5.69 Å². The summed E-state index contributed by atoms with van der Waals surface area (Å²) < 4.78 is 13.0. The predicted molar refractivity (Wildman–Crippen MR) is 140 cm³/mol. The molecule has 4 aromatic rings. The molecule has 0 spiro atoms. The Labute approximate surface area is 208 Å². The number of benzene rings is 3. The number of hydrogen-bond acceptors (Lipinski definition) is 5. The summed E-state index contributed by atoms with van der Waals surface area (Å²) >= 11 is 3.57. The van der Waals surface area contributed by atoms with Crippen molar-refractivity contribution in [1.82, 2.24) is 4.98 Å². The molecule has 3 aromatic carbocycles. The van der Waals surface area contributed by atoms with Crippen LogP contribution in [0.5, 0.6) is 11.8 Å². The Hall–Kier alpha value is -3.64. The second kappa shape index (κ2) is 11.0. The molecule has 0 bridgehead atoms. The first kappa shape index (κ1) is 23.5. The molecule has 5 nitrogen and oxygen atoms in total. The lowest BCUT2D eigenvalue weighted by atomic mass is 9.99. The van der Waals surface area contributed by atoms with Gasteiger partial charge in [0.15, 0.2) is 0 Å². The second-order valence-corrected chi connectivity index (χ2v) is 8.63. The Morgan fingerprint density at radius 3 is 2.03 bits per heavy atom. The molecule has 0 atom stereocenters. The van der Waals surface area contributed by atoms with Gasteiger partial charge < -0.3 is 14.8 Å². The summed E-state index contributed by atoms with van der Waals surface area (Å²) in [5.74, 6) is 0.811. The highest BCUT2D eigenvalue weighted by atomic mass is 79.9. The van der Waals surface area contributed by atoms with Crippen molar-refractivity contribution in [3.63, 3.8) is 0 Å². The minimum atomic E-state index is 0.324. The summed E-state index contributed by atoms with van der Waals surface area (Å²) in [7, 11) is 1.86. The van der Waals surface area contributed by atoms with Crippen LogP contribution < -0.4 is 14.8 Å². The van der Waals surface area contributed by atoms with E-state index in [1.807, 2.05) is 92.8 Å². The first-order valence-corrected chi connectivity index (χ1v) is 11.8. The number of rotatable bonds is 9. The lowest BCUT2D eigenvalue weighted by molar-refractivity contribution is 0.267. The molecule has 0 aliphatic heterocycles. The van der Waals surface area contributed by atoms with Crippen molar-refractivity contribution >= 4 is 27.3 Å². The molecule has 0 saturated heterocycles. The van der Waals surface area contributed by atoms with E-state index in [1.165, 1.54) is 0 Å². The molecule has 0 amide bonds. The average Bonchev–Trinajstić information content (AvgIpc) is 2.88. The maximum atomic E-state index is 9.00. The first-order valence-electron chi connectivity index (χ1n) is 11.0. The molecule has 0 aliphatic carbocycles. The van der Waals surface area contributed by atoms with Crippen LogP contribution in [0, 0.1) is 12.3 Å². The molecule has 0 radical (unpaired) electrons. The van der Waals surface area contributed by atoms with Gasteiger partial charge in [-0.15, -0.1) is 0 Å². The molecule has 0 unspecified atom stereocenters. The lowest BCUT2D eigenvalue weighted by Gasteiger charge is -2.17. The van der Waals surface area contributed by atoms with Gasteiger partial charge in [-0.1, -0.05) is 76.6 Å². The highest BCUT2D eigenvalue weighted by molar-refractivity contribution is 9.10. The molecule has 1 heterocycles. The number of nitrogens with zero attached hydrogens (tertiary/aromatic N) is 1. The molecule has 0 aliphatic rings. The normalized spacial score (nSPS) is 10.6. The van der Waals surface area contributed by atoms with Gasteiger partial charge in [-0.3, -0.25) is 5.41 Å². The zero-order valence-corrected chi connectivity index (χ0v) is 20.7. The van der Waals surface area contributed by atoms with Crippen LogP contribution >= 0.6 is 15.9 Å². The maximum absolute atomic E-state index is 9.00. The SMILES string of the molecule is CNc1c(C(=N)c2ccc(OCc3ccccc3)nc2OCc2ccccc2)ccc(Br)c1C. The predicted octanol–water partition coefficient (Wildman–Crippen LogP) is 6.77. The Balaban J connectivity index is 1.66. The zero-order valence-electron chi connectivity index (χ0n) is 19.1. The standard InChI is InChI=1S/C28H26BrN3O2/c1-19-24(29)15-13-22(27(19)31-2)26(30)23-14-16-25(33-17-20-9-5-3-6-10-20)32-28(23)34-18-21-11-7-4-8-12-21/h3-16,30-31H,17-18H2,1-2H3. The van der Waals surface area contributed by atoms with Crippen molar-refractivity contribution in [3.8, 4) is 11.8 Å². The summed E-state index contributed by atoms with van der Waals surface area (Å²) in [6.45, 7) is 2.76. The van der Waals surface area contributed by atoms with Gasteiger partial charge in [0, 0.05) is 28.8 Å². The molecule has 0 saturated carbocycles. The molecule has 0 fully saturated rings. The van der Waals surface area contributed by atoms with Crippen LogP contribution in [0.2, 0.25) is 0 Å². The largest absolute Gasteiger partial charge is 0.473 e. The lowest BCUT2D eigenvalue weighted by Crippen LogP contribution is -2.11. The summed E-state index contributed by atoms with van der Waals surface area (Å²) in [6.07, 6.45) is 0. The fourth-order valence-electron chi connectivity index (χ4n) is 3.62. The third-order valence-corrected chi connectivity index (χ3v) is 6.33. The first-order chi connectivity index (χ1) is 16.6. The fourth-order valence-corrected chi connectivity index (χ4v) is 3.95. The van der Waals surface area contributed by atoms with E-state index in [0.29, 0.717) is 36.2 Å². The third kappa shape index (κ3) is 5.46. The molecular formula is C28H26BrN3O2. The van der Waals surface area contributed by atoms with Gasteiger partial charge in [-0.2, -0.15) is 4.98 Å². The van der Waals surface area contributed by atoms with Crippen LogP contribution in [0.3, 0.4) is 0 Å². The molecule has 4 rings (SSSR count). The average molecular weight is 516 g/mol. The van der Waals surface area contributed by atoms with Gasteiger partial charge in [0.1, 0.15) is 13.2 Å². The van der Waals surface area contributed by atoms with E-state index in [4.69, 9.17) is 14.9 Å². The van der Waals surface area contributed by atoms with Gasteiger partial charge >= 0.3 is 0 Å². The Bertz CT molecular complexity index is 1280. The van der Waals surface area contributed by atoms with E-state index in [1.54, 1.807) is 6.07 Å². The molecule has 6 heteroatoms. The molecule has 172 valence electrons. The number of ether oxygens (including phenoxy) is 2. The van der Waals surface area contributed by atoms with Gasteiger partial charge in [0.2, 0.25) is 11.8 Å². The number of hydrogen-bond donors (Lipinski definition) is 2. The highest BCUT2D eigenvalue weighted by Crippen LogP contribution is 2.32. The van der Waals surface area contributed by atoms with Crippen LogP contribution in [0.15, 0.2) is 89.4 Å². The van der Waals surface area contributed by atoms with Crippen molar-refractivity contribution in [3.05, 3.63) is 117 Å². The van der Waals surface area contributed by atoms with E-state index in [9.17, 15) is 0 Å². The summed E-state index contributed by atoms with van der Waals surface area (Å²) in [6, 6.07) is 27.3. The molecule has 2 N–H and O–H groups in total. The van der Waals surface area contributed by atoms with Crippen molar-refractivity contribution < 1.29 is 9.47 Å². The number of halogens is 1. The summed E-state index contributed by atoms with van der Waals surface area (Å²) in [4.78, 5) is 4.63. The summed E-state index contributed by atoms with van der Waals surface area (Å²) in [5.41, 5.74) is 5.69. The van der Waals surface area contributed by atoms with Gasteiger partial charge in [0.25, 0.3) is 0 Å². The number of nitrogens with one attached hydrogen (secondary N) is 2. The van der Waals surface area contributed by atoms with E-state index in [2.05, 4.69) is 26.2 Å². The Kier molecular flexibility index (Phi) is 7.60. The summed E-state index contributed by atoms with van der Waals surface area (Å²) in [5, 5.41) is 12.2. The van der Waals surface area contributed by atoms with Crippen molar-refractivity contribution in [2.24, 2.45) is 0 Å². The zero-order chi connectivity index (χ0) is 23.9. The van der Waals surface area contributed by atoms with Crippen LogP contribution in [-0.4, -0.2) is 17.7 Å². The van der Waals surface area contributed by atoms with Crippen molar-refractivity contribution in [2.45, 2.75) is 20.1 Å². The maximum Gasteiger partial charge on any atom is 0.226 e. The third-order valence-electron chi connectivity index (χ3n) is 5.47. The smallest absolute Gasteiger partial charge is 0.226 e. The van der Waals surface area contributed by atoms with Crippen LogP contribution in [0.1, 0.15) is 27.8 Å². The number of pyridine rings is 1. The fraction of sp³-hybridized carbons (Fsp3) is 0.143. The van der Waals surface area contributed by atoms with Crippen molar-refractivity contribution in [1.29, 1.82) is 5.41 Å². The Morgan fingerprint density at radius 1 is 0.824 bits per heavy atom. The molecule has 34 heavy (non-hydrogen) atoms. The number of aromatic nitrogens is 1. The van der Waals surface area contributed by atoms with Gasteiger partial charge in [0.05, 0.1) is 11.3 Å². The Morgan fingerprint density at radius 2 is 1.41 bits per heavy atom. The van der Waals surface area contributed by atoms with Gasteiger partial charge in [-0.05, 0) is 41.8 Å². The molecular weight excluding hydrogens is 490 g/mol. The number of anilines is 1. The second-order valence-electron chi connectivity index (χ2n) is 7.77. The van der Waals surface area contributed by atoms with Crippen molar-refractivity contribution in [2.75, 3.05) is 12.4 Å². The van der Waals surface area contributed by atoms with E-state index < -0.39 is 0 Å². The van der Waals surface area contributed by atoms with E-state index in [-0.39, 0.29) is 0 Å². The monoisotopic (exact) mass is 515 g/mol. The minimum Gasteiger partial charge on any atom is -0.473 e. The quantitative estimate of drug-likeness (QED) is 0.241. The van der Waals surface area contributed by atoms with Crippen LogP contribution in [0.25, 0.3) is 0 Å². The minimum absolute atomic E-state index is 0.324. The topological polar surface area (TPSA) is 67.2 Å². The highest BCUT2D eigenvalue weighted by Gasteiger charge is 2.19. The molecule has 1 aromatic heterocycles. The van der Waals surface area contributed by atoms with E-state index in [0.717, 1.165) is 32.4 Å². The van der Waals surface area contributed by atoms with E-state index >= 15 is 0 Å². The van der Waals surface area contributed by atoms with Gasteiger partial charge in [-0.25, -0.2) is 0 Å². The van der Waals surface area contributed by atoms with Crippen LogP contribution in [-0.2, 0) is 13.2 Å².